The molecular formula is C13H16FN3O3. The van der Waals surface area contributed by atoms with Crippen molar-refractivity contribution in [3.8, 4) is 0 Å². The molecule has 1 amide bonds. The van der Waals surface area contributed by atoms with Gasteiger partial charge in [0.05, 0.1) is 31.0 Å². The highest BCUT2D eigenvalue weighted by Crippen LogP contribution is 2.30. The van der Waals surface area contributed by atoms with Gasteiger partial charge < -0.3 is 25.4 Å². The molecule has 3 N–H and O–H groups in total. The van der Waals surface area contributed by atoms with Crippen molar-refractivity contribution in [2.24, 2.45) is 0 Å². The Kier molecular flexibility index (Phi) is 3.13. The van der Waals surface area contributed by atoms with Gasteiger partial charge in [-0.1, -0.05) is 0 Å². The predicted octanol–water partition coefficient (Wildman–Crippen LogP) is 0.975. The summed E-state index contributed by atoms with van der Waals surface area (Å²) in [5.74, 6) is -0.389. The van der Waals surface area contributed by atoms with E-state index in [-0.39, 0.29) is 18.0 Å². The molecule has 2 heterocycles. The second-order valence-corrected chi connectivity index (χ2v) is 5.07. The fourth-order valence-corrected chi connectivity index (χ4v) is 2.90. The molecule has 2 unspecified atom stereocenters. The summed E-state index contributed by atoms with van der Waals surface area (Å²) in [6.07, 6.45) is -1.18. The monoisotopic (exact) mass is 281 g/mol. The Morgan fingerprint density at radius 1 is 1.45 bits per heavy atom. The molecule has 6 nitrogen and oxygen atoms in total. The van der Waals surface area contributed by atoms with Crippen LogP contribution in [0.5, 0.6) is 0 Å². The molecule has 2 aliphatic rings. The lowest BCUT2D eigenvalue weighted by atomic mass is 10.1. The smallest absolute Gasteiger partial charge is 0.407 e. The van der Waals surface area contributed by atoms with Gasteiger partial charge in [0.2, 0.25) is 0 Å². The highest BCUT2D eigenvalue weighted by Gasteiger charge is 2.42. The van der Waals surface area contributed by atoms with E-state index < -0.39 is 6.09 Å². The molecule has 1 aromatic rings. The van der Waals surface area contributed by atoms with Gasteiger partial charge in [0.15, 0.2) is 0 Å². The Morgan fingerprint density at radius 3 is 2.95 bits per heavy atom. The lowest BCUT2D eigenvalue weighted by Gasteiger charge is -2.38. The van der Waals surface area contributed by atoms with Crippen LogP contribution in [0.4, 0.5) is 20.6 Å². The molecule has 0 radical (unpaired) electrons. The van der Waals surface area contributed by atoms with Gasteiger partial charge in [-0.2, -0.15) is 0 Å². The number of anilines is 2. The normalized spacial score (nSPS) is 25.6. The number of nitrogens with two attached hydrogens (primary N) is 1. The molecule has 0 aromatic heterocycles. The number of carbonyl (C=O) groups is 1. The van der Waals surface area contributed by atoms with Crippen LogP contribution in [0.3, 0.4) is 0 Å². The third kappa shape index (κ3) is 2.14. The molecule has 2 aliphatic heterocycles. The van der Waals surface area contributed by atoms with Gasteiger partial charge >= 0.3 is 6.09 Å². The van der Waals surface area contributed by atoms with Crippen LogP contribution in [0.2, 0.25) is 0 Å². The zero-order valence-corrected chi connectivity index (χ0v) is 10.8. The van der Waals surface area contributed by atoms with Crippen LogP contribution in [0.15, 0.2) is 18.2 Å². The first-order chi connectivity index (χ1) is 9.56. The van der Waals surface area contributed by atoms with Gasteiger partial charge in [-0.05, 0) is 18.2 Å². The fraction of sp³-hybridized carbons (Fsp3) is 0.462. The minimum atomic E-state index is -0.972. The lowest BCUT2D eigenvalue weighted by Crippen LogP contribution is -2.51. The second kappa shape index (κ2) is 4.82. The van der Waals surface area contributed by atoms with Gasteiger partial charge in [0, 0.05) is 18.8 Å². The van der Waals surface area contributed by atoms with Gasteiger partial charge in [-0.3, -0.25) is 0 Å². The Morgan fingerprint density at radius 2 is 2.25 bits per heavy atom. The summed E-state index contributed by atoms with van der Waals surface area (Å²) in [5.41, 5.74) is 6.38. The number of halogens is 1. The largest absolute Gasteiger partial charge is 0.465 e. The van der Waals surface area contributed by atoms with Gasteiger partial charge in [-0.15, -0.1) is 0 Å². The number of morpholine rings is 1. The van der Waals surface area contributed by atoms with Crippen molar-refractivity contribution in [2.45, 2.75) is 12.1 Å². The van der Waals surface area contributed by atoms with Crippen LogP contribution in [0.25, 0.3) is 0 Å². The molecule has 0 spiro atoms. The van der Waals surface area contributed by atoms with Crippen molar-refractivity contribution in [1.29, 1.82) is 0 Å². The van der Waals surface area contributed by atoms with Crippen LogP contribution in [0.1, 0.15) is 0 Å². The van der Waals surface area contributed by atoms with Crippen LogP contribution >= 0.6 is 0 Å². The summed E-state index contributed by atoms with van der Waals surface area (Å²) < 4.78 is 19.7. The Hall–Kier alpha value is -2.02. The number of benzene rings is 1. The van der Waals surface area contributed by atoms with Crippen LogP contribution in [0, 0.1) is 5.82 Å². The number of carboxylic acid groups (broad SMARTS) is 1. The molecule has 3 rings (SSSR count). The molecule has 0 saturated carbocycles. The highest BCUT2D eigenvalue weighted by molar-refractivity contribution is 5.66. The number of nitrogen functional groups attached to an aromatic ring is 1. The van der Waals surface area contributed by atoms with E-state index in [4.69, 9.17) is 15.6 Å². The standard InChI is InChI=1S/C13H16FN3O3/c14-9-5-8(15)1-2-10(9)17-3-4-20-12-7-16(13(18)19)6-11(12)17/h1-2,5,11-12H,3-4,6-7,15H2,(H,18,19). The van der Waals surface area contributed by atoms with Crippen molar-refractivity contribution >= 4 is 17.5 Å². The van der Waals surface area contributed by atoms with Crippen molar-refractivity contribution in [1.82, 2.24) is 4.90 Å². The minimum Gasteiger partial charge on any atom is -0.465 e. The zero-order valence-electron chi connectivity index (χ0n) is 10.8. The lowest BCUT2D eigenvalue weighted by molar-refractivity contribution is 0.0308. The number of nitrogens with zero attached hydrogens (tertiary/aromatic N) is 2. The van der Waals surface area contributed by atoms with Crippen molar-refractivity contribution in [3.05, 3.63) is 24.0 Å². The summed E-state index contributed by atoms with van der Waals surface area (Å²) in [7, 11) is 0. The number of hydrogen-bond acceptors (Lipinski definition) is 4. The first kappa shape index (κ1) is 13.0. The zero-order chi connectivity index (χ0) is 14.3. The van der Waals surface area contributed by atoms with Gasteiger partial charge in [-0.25, -0.2) is 9.18 Å². The maximum absolute atomic E-state index is 14.1. The van der Waals surface area contributed by atoms with Crippen LogP contribution in [-0.4, -0.2) is 54.5 Å². The topological polar surface area (TPSA) is 79.0 Å². The SMILES string of the molecule is Nc1ccc(N2CCOC3CN(C(=O)O)CC32)c(F)c1. The first-order valence-electron chi connectivity index (χ1n) is 6.47. The fourth-order valence-electron chi connectivity index (χ4n) is 2.90. The Labute approximate surface area is 115 Å². The molecule has 2 atom stereocenters. The van der Waals surface area contributed by atoms with E-state index in [1.165, 1.54) is 11.0 Å². The summed E-state index contributed by atoms with van der Waals surface area (Å²) in [4.78, 5) is 14.3. The van der Waals surface area contributed by atoms with E-state index in [0.29, 0.717) is 37.6 Å². The predicted molar refractivity (Wildman–Crippen MR) is 71.3 cm³/mol. The van der Waals surface area contributed by atoms with E-state index in [2.05, 4.69) is 0 Å². The summed E-state index contributed by atoms with van der Waals surface area (Å²) in [5, 5.41) is 9.07. The van der Waals surface area contributed by atoms with E-state index in [1.54, 1.807) is 12.1 Å². The number of hydrogen-bond donors (Lipinski definition) is 2. The van der Waals surface area contributed by atoms with Crippen LogP contribution < -0.4 is 10.6 Å². The Balaban J connectivity index is 1.87. The molecule has 20 heavy (non-hydrogen) atoms. The van der Waals surface area contributed by atoms with Gasteiger partial charge in [0.25, 0.3) is 0 Å². The molecular weight excluding hydrogens is 265 g/mol. The minimum absolute atomic E-state index is 0.155. The van der Waals surface area contributed by atoms with E-state index in [0.717, 1.165) is 0 Å². The molecule has 0 bridgehead atoms. The summed E-state index contributed by atoms with van der Waals surface area (Å²) in [6.45, 7) is 1.64. The molecule has 108 valence electrons. The van der Waals surface area contributed by atoms with Crippen molar-refractivity contribution in [2.75, 3.05) is 36.9 Å². The number of ether oxygens (including phenoxy) is 1. The maximum Gasteiger partial charge on any atom is 0.407 e. The van der Waals surface area contributed by atoms with Crippen molar-refractivity contribution < 1.29 is 19.0 Å². The third-order valence-electron chi connectivity index (χ3n) is 3.85. The highest BCUT2D eigenvalue weighted by atomic mass is 19.1. The average molecular weight is 281 g/mol. The number of fused-ring (bicyclic) bond motifs is 1. The molecule has 2 fully saturated rings. The molecule has 0 aliphatic carbocycles. The average Bonchev–Trinajstić information content (AvgIpc) is 2.83. The Bertz CT molecular complexity index is 540. The first-order valence-corrected chi connectivity index (χ1v) is 6.47. The number of rotatable bonds is 1. The number of amides is 1. The van der Waals surface area contributed by atoms with Crippen molar-refractivity contribution in [3.63, 3.8) is 0 Å². The van der Waals surface area contributed by atoms with Crippen LogP contribution in [-0.2, 0) is 4.74 Å². The molecule has 1 aromatic carbocycles. The van der Waals surface area contributed by atoms with E-state index >= 15 is 0 Å². The molecule has 2 saturated heterocycles. The van der Waals surface area contributed by atoms with Gasteiger partial charge in [0.1, 0.15) is 5.82 Å². The quantitative estimate of drug-likeness (QED) is 0.750. The van der Waals surface area contributed by atoms with E-state index in [9.17, 15) is 9.18 Å². The third-order valence-corrected chi connectivity index (χ3v) is 3.85. The second-order valence-electron chi connectivity index (χ2n) is 5.07. The number of likely N-dealkylation sites (tertiary alicyclic amines) is 1. The maximum atomic E-state index is 14.1. The van der Waals surface area contributed by atoms with E-state index in [1.807, 2.05) is 4.90 Å². The summed E-state index contributed by atoms with van der Waals surface area (Å²) >= 11 is 0. The summed E-state index contributed by atoms with van der Waals surface area (Å²) in [6, 6.07) is 4.41. The molecule has 7 heteroatoms.